The van der Waals surface area contributed by atoms with Crippen LogP contribution in [0.4, 0.5) is 0 Å². The summed E-state index contributed by atoms with van der Waals surface area (Å²) in [6.45, 7) is 0. The molecule has 34 heavy (non-hydrogen) atoms. The summed E-state index contributed by atoms with van der Waals surface area (Å²) in [5, 5.41) is 2.26. The van der Waals surface area contributed by atoms with E-state index in [9.17, 15) is 12.6 Å². The summed E-state index contributed by atoms with van der Waals surface area (Å²) >= 11 is 0. The molecule has 0 amide bonds. The highest BCUT2D eigenvalue weighted by Gasteiger charge is 2.29. The van der Waals surface area contributed by atoms with Crippen molar-refractivity contribution in [2.75, 3.05) is 0 Å². The summed E-state index contributed by atoms with van der Waals surface area (Å²) < 4.78 is 44.3. The molecule has 0 saturated carbocycles. The van der Waals surface area contributed by atoms with Gasteiger partial charge in [0.25, 0.3) is 0 Å². The number of fused-ring (bicyclic) bond motifs is 4. The molecule has 1 aliphatic rings. The molecule has 0 saturated heterocycles. The third-order valence-electron chi connectivity index (χ3n) is 5.96. The summed E-state index contributed by atoms with van der Waals surface area (Å²) in [7, 11) is -5.42. The van der Waals surface area contributed by atoms with Gasteiger partial charge >= 0.3 is 10.1 Å². The number of rotatable bonds is 4. The molecule has 0 spiro atoms. The van der Waals surface area contributed by atoms with E-state index in [0.29, 0.717) is 15.4 Å². The first-order chi connectivity index (χ1) is 16.5. The lowest BCUT2D eigenvalue weighted by Crippen LogP contribution is -2.09. The van der Waals surface area contributed by atoms with Crippen molar-refractivity contribution < 1.29 is 16.8 Å². The average molecular weight is 483 g/mol. The van der Waals surface area contributed by atoms with Crippen molar-refractivity contribution in [2.45, 2.75) is 14.7 Å². The van der Waals surface area contributed by atoms with E-state index >= 15 is 0 Å². The van der Waals surface area contributed by atoms with Gasteiger partial charge in [0, 0.05) is 11.1 Å². The third-order valence-corrected chi connectivity index (χ3v) is 8.71. The zero-order valence-electron chi connectivity index (χ0n) is 17.8. The second kappa shape index (κ2) is 7.94. The summed E-state index contributed by atoms with van der Waals surface area (Å²) in [6.07, 6.45) is 0. The summed E-state index contributed by atoms with van der Waals surface area (Å²) in [5.74, 6) is 0.241. The van der Waals surface area contributed by atoms with Gasteiger partial charge in [-0.15, -0.1) is 0 Å². The van der Waals surface area contributed by atoms with Crippen molar-refractivity contribution in [2.24, 2.45) is 0 Å². The van der Waals surface area contributed by atoms with Gasteiger partial charge in [0.05, 0.1) is 20.6 Å². The highest BCUT2D eigenvalue weighted by Crippen LogP contribution is 2.44. The smallest absolute Gasteiger partial charge is 0.339 e. The Morgan fingerprint density at radius 3 is 2.12 bits per heavy atom. The van der Waals surface area contributed by atoms with Crippen LogP contribution in [0, 0.1) is 0 Å². The predicted octanol–water partition coefficient (Wildman–Crippen LogP) is 6.42. The van der Waals surface area contributed by atoms with Crippen LogP contribution in [0.25, 0.3) is 33.0 Å². The lowest BCUT2D eigenvalue weighted by molar-refractivity contribution is 0.486. The molecule has 6 rings (SSSR count). The minimum absolute atomic E-state index is 0.0236. The molecule has 5 aromatic carbocycles. The van der Waals surface area contributed by atoms with Gasteiger partial charge in [0.1, 0.15) is 10.6 Å². The highest BCUT2D eigenvalue weighted by atomic mass is 32.2. The van der Waals surface area contributed by atoms with Crippen LogP contribution in [0.3, 0.4) is 0 Å². The van der Waals surface area contributed by atoms with E-state index in [4.69, 9.17) is 4.18 Å². The molecule has 0 aliphatic carbocycles. The lowest BCUT2D eigenvalue weighted by Gasteiger charge is -2.10. The molecule has 1 atom stereocenters. The van der Waals surface area contributed by atoms with Crippen molar-refractivity contribution >= 4 is 31.7 Å². The summed E-state index contributed by atoms with van der Waals surface area (Å²) in [5.41, 5.74) is 3.47. The normalized spacial score (nSPS) is 14.5. The molecule has 4 nitrogen and oxygen atoms in total. The van der Waals surface area contributed by atoms with E-state index < -0.39 is 20.9 Å². The molecule has 1 unspecified atom stereocenters. The number of benzene rings is 5. The maximum atomic E-state index is 13.1. The van der Waals surface area contributed by atoms with Crippen molar-refractivity contribution in [3.05, 3.63) is 109 Å². The maximum absolute atomic E-state index is 13.1. The maximum Gasteiger partial charge on any atom is 0.339 e. The molecule has 0 N–H and O–H groups in total. The van der Waals surface area contributed by atoms with E-state index in [1.165, 1.54) is 6.07 Å². The van der Waals surface area contributed by atoms with E-state index in [2.05, 4.69) is 24.3 Å². The van der Waals surface area contributed by atoms with Crippen LogP contribution < -0.4 is 4.18 Å². The largest absolute Gasteiger partial charge is 0.379 e. The van der Waals surface area contributed by atoms with Crippen molar-refractivity contribution in [1.82, 2.24) is 0 Å². The van der Waals surface area contributed by atoms with Gasteiger partial charge in [0.2, 0.25) is 0 Å². The zero-order valence-corrected chi connectivity index (χ0v) is 19.5. The number of hydrogen-bond acceptors (Lipinski definition) is 4. The van der Waals surface area contributed by atoms with Gasteiger partial charge in [0.15, 0.2) is 0 Å². The van der Waals surface area contributed by atoms with Crippen LogP contribution in [-0.2, 0) is 20.9 Å². The minimum atomic E-state index is -4.04. The standard InChI is InChI=1S/C28H18O4S2/c29-33-27-15-13-20(24-12-6-8-19-7-4-5-11-23(19)24)17-25(27)26-18-22(14-16-28(26)33)34(30,31)32-21-9-2-1-3-10-21/h1-18H. The van der Waals surface area contributed by atoms with E-state index in [-0.39, 0.29) is 10.6 Å². The monoisotopic (exact) mass is 482 g/mol. The van der Waals surface area contributed by atoms with Gasteiger partial charge in [-0.05, 0) is 64.4 Å². The van der Waals surface area contributed by atoms with Crippen LogP contribution >= 0.6 is 0 Å². The Labute approximate surface area is 200 Å². The molecule has 6 heteroatoms. The fraction of sp³-hybridized carbons (Fsp3) is 0. The van der Waals surface area contributed by atoms with Gasteiger partial charge in [-0.2, -0.15) is 8.42 Å². The first kappa shape index (κ1) is 20.8. The molecule has 1 heterocycles. The molecule has 5 aromatic rings. The second-order valence-electron chi connectivity index (χ2n) is 8.01. The molecular formula is C28H18O4S2. The molecule has 0 fully saturated rings. The Morgan fingerprint density at radius 1 is 0.618 bits per heavy atom. The summed E-state index contributed by atoms with van der Waals surface area (Å²) in [6, 6.07) is 33.2. The van der Waals surface area contributed by atoms with Gasteiger partial charge < -0.3 is 4.18 Å². The Bertz CT molecular complexity index is 1700. The van der Waals surface area contributed by atoms with E-state index in [1.54, 1.807) is 42.5 Å². The van der Waals surface area contributed by atoms with Crippen molar-refractivity contribution in [1.29, 1.82) is 0 Å². The fourth-order valence-electron chi connectivity index (χ4n) is 4.35. The lowest BCUT2D eigenvalue weighted by atomic mass is 9.95. The Kier molecular flexibility index (Phi) is 4.86. The highest BCUT2D eigenvalue weighted by molar-refractivity contribution is 7.87. The van der Waals surface area contributed by atoms with Crippen molar-refractivity contribution in [3.63, 3.8) is 0 Å². The van der Waals surface area contributed by atoms with E-state index in [0.717, 1.165) is 27.5 Å². The summed E-state index contributed by atoms with van der Waals surface area (Å²) in [4.78, 5) is 1.30. The van der Waals surface area contributed by atoms with Crippen LogP contribution in [0.1, 0.15) is 0 Å². The topological polar surface area (TPSA) is 60.4 Å². The SMILES string of the molecule is O=S1c2ccc(-c3cccc4ccccc34)cc2-c2cc(S(=O)(=O)Oc3ccccc3)ccc21. The average Bonchev–Trinajstić information content (AvgIpc) is 3.15. The van der Waals surface area contributed by atoms with Gasteiger partial charge in [-0.25, -0.2) is 4.21 Å². The van der Waals surface area contributed by atoms with Gasteiger partial charge in [-0.1, -0.05) is 66.7 Å². The third kappa shape index (κ3) is 3.43. The zero-order chi connectivity index (χ0) is 23.3. The Morgan fingerprint density at radius 2 is 1.29 bits per heavy atom. The van der Waals surface area contributed by atoms with Crippen LogP contribution in [0.5, 0.6) is 5.75 Å². The molecule has 1 aliphatic heterocycles. The predicted molar refractivity (Wildman–Crippen MR) is 134 cm³/mol. The van der Waals surface area contributed by atoms with E-state index in [1.807, 2.05) is 36.4 Å². The molecule has 0 radical (unpaired) electrons. The first-order valence-corrected chi connectivity index (χ1v) is 13.2. The van der Waals surface area contributed by atoms with Crippen LogP contribution in [-0.4, -0.2) is 12.6 Å². The van der Waals surface area contributed by atoms with Crippen molar-refractivity contribution in [3.8, 4) is 28.0 Å². The minimum Gasteiger partial charge on any atom is -0.379 e. The van der Waals surface area contributed by atoms with Crippen LogP contribution in [0.15, 0.2) is 124 Å². The number of hydrogen-bond donors (Lipinski definition) is 0. The van der Waals surface area contributed by atoms with Crippen LogP contribution in [0.2, 0.25) is 0 Å². The second-order valence-corrected chi connectivity index (χ2v) is 11.0. The first-order valence-electron chi connectivity index (χ1n) is 10.7. The molecule has 166 valence electrons. The Balaban J connectivity index is 1.47. The van der Waals surface area contributed by atoms with Gasteiger partial charge in [-0.3, -0.25) is 0 Å². The fourth-order valence-corrected chi connectivity index (χ4v) is 6.67. The quantitative estimate of drug-likeness (QED) is 0.272. The molecular weight excluding hydrogens is 464 g/mol. The Hall–Kier alpha value is -3.74. The molecule has 0 aromatic heterocycles. The number of para-hydroxylation sites is 1. The molecule has 0 bridgehead atoms.